The van der Waals surface area contributed by atoms with Crippen molar-refractivity contribution >= 4 is 27.5 Å². The summed E-state index contributed by atoms with van der Waals surface area (Å²) in [6, 6.07) is 13.4. The van der Waals surface area contributed by atoms with Gasteiger partial charge in [0.25, 0.3) is 15.9 Å². The molecule has 3 aromatic rings. The van der Waals surface area contributed by atoms with Crippen molar-refractivity contribution in [1.29, 1.82) is 0 Å². The van der Waals surface area contributed by atoms with Gasteiger partial charge in [-0.25, -0.2) is 13.2 Å². The number of hydrogen-bond donors (Lipinski definition) is 1. The maximum atomic E-state index is 14.4. The number of nitrogens with one attached hydrogen (secondary N) is 1. The molecule has 1 N–H and O–H groups in total. The van der Waals surface area contributed by atoms with Crippen molar-refractivity contribution < 1.29 is 40.6 Å². The fourth-order valence-corrected chi connectivity index (χ4v) is 6.62. The topological polar surface area (TPSA) is 112 Å². The Hall–Kier alpha value is -3.94. The first-order valence-electron chi connectivity index (χ1n) is 13.4. The van der Waals surface area contributed by atoms with Gasteiger partial charge in [0, 0.05) is 12.2 Å². The molecule has 2 aromatic carbocycles. The molecule has 14 heteroatoms. The van der Waals surface area contributed by atoms with Crippen LogP contribution in [0.2, 0.25) is 0 Å². The molecular weight excluding hydrogens is 577 g/mol. The molecule has 42 heavy (non-hydrogen) atoms. The highest BCUT2D eigenvalue weighted by Gasteiger charge is 2.51. The minimum Gasteiger partial charge on any atom is -0.487 e. The molecule has 5 rings (SSSR count). The molecule has 0 saturated heterocycles. The Labute approximate surface area is 241 Å². The normalized spacial score (nSPS) is 17.1. The van der Waals surface area contributed by atoms with Crippen LogP contribution in [-0.4, -0.2) is 48.7 Å². The number of fused-ring (bicyclic) bond motifs is 2. The third-order valence-electron chi connectivity index (χ3n) is 7.04. The number of aromatic nitrogens is 2. The van der Waals surface area contributed by atoms with E-state index in [9.17, 15) is 26.4 Å². The van der Waals surface area contributed by atoms with Gasteiger partial charge in [0.15, 0.2) is 4.90 Å². The molecule has 0 aliphatic carbocycles. The molecule has 0 saturated carbocycles. The molecule has 1 aromatic heterocycles. The zero-order valence-corrected chi connectivity index (χ0v) is 24.1. The highest BCUT2D eigenvalue weighted by Crippen LogP contribution is 2.42. The maximum Gasteiger partial charge on any atom is 0.427 e. The largest absolute Gasteiger partial charge is 0.487 e. The first-order chi connectivity index (χ1) is 19.8. The first-order valence-corrected chi connectivity index (χ1v) is 14.9. The van der Waals surface area contributed by atoms with Gasteiger partial charge in [-0.05, 0) is 63.8 Å². The predicted octanol–water partition coefficient (Wildman–Crippen LogP) is 5.66. The Morgan fingerprint density at radius 3 is 2.60 bits per heavy atom. The van der Waals surface area contributed by atoms with Gasteiger partial charge in [-0.1, -0.05) is 30.3 Å². The lowest BCUT2D eigenvalue weighted by Crippen LogP contribution is -2.44. The minimum absolute atomic E-state index is 0.0105. The Bertz CT molecular complexity index is 1570. The van der Waals surface area contributed by atoms with Crippen LogP contribution in [0.4, 0.5) is 29.3 Å². The fourth-order valence-electron chi connectivity index (χ4n) is 4.76. The van der Waals surface area contributed by atoms with Crippen molar-refractivity contribution in [1.82, 2.24) is 9.78 Å². The van der Waals surface area contributed by atoms with Gasteiger partial charge in [-0.2, -0.15) is 13.2 Å². The van der Waals surface area contributed by atoms with Gasteiger partial charge < -0.3 is 14.2 Å². The number of hydrogen-bond acceptors (Lipinski definition) is 7. The summed E-state index contributed by atoms with van der Waals surface area (Å²) < 4.78 is 87.7. The lowest BCUT2D eigenvalue weighted by atomic mass is 10.1. The number of carbonyl (C=O) groups excluding carboxylic acids is 1. The second-order valence-electron chi connectivity index (χ2n) is 10.7. The van der Waals surface area contributed by atoms with Crippen LogP contribution in [0.3, 0.4) is 0 Å². The fraction of sp³-hybridized carbons (Fsp3) is 0.429. The van der Waals surface area contributed by atoms with Gasteiger partial charge >= 0.3 is 12.3 Å². The molecule has 0 bridgehead atoms. The molecule has 1 amide bonds. The van der Waals surface area contributed by atoms with E-state index < -0.39 is 34.0 Å². The summed E-state index contributed by atoms with van der Waals surface area (Å²) in [6.45, 7) is 3.77. The highest BCUT2D eigenvalue weighted by atomic mass is 32.2. The van der Waals surface area contributed by atoms with E-state index >= 15 is 0 Å². The minimum atomic E-state index is -4.79. The van der Waals surface area contributed by atoms with Crippen molar-refractivity contribution in [3.8, 4) is 11.6 Å². The first kappa shape index (κ1) is 29.5. The number of amides is 1. The molecule has 2 aliphatic heterocycles. The molecule has 1 atom stereocenters. The van der Waals surface area contributed by atoms with Crippen LogP contribution in [0.5, 0.6) is 11.6 Å². The second-order valence-corrected chi connectivity index (χ2v) is 12.5. The Balaban J connectivity index is 1.49. The van der Waals surface area contributed by atoms with Gasteiger partial charge in [-0.3, -0.25) is 14.3 Å². The quantitative estimate of drug-likeness (QED) is 0.368. The molecule has 2 aliphatic rings. The maximum absolute atomic E-state index is 14.4. The molecule has 0 radical (unpaired) electrons. The zero-order chi connectivity index (χ0) is 30.3. The Kier molecular flexibility index (Phi) is 7.77. The number of aryl methyl sites for hydroxylation is 1. The van der Waals surface area contributed by atoms with E-state index in [-0.39, 0.29) is 41.1 Å². The Morgan fingerprint density at radius 1 is 1.14 bits per heavy atom. The molecule has 3 heterocycles. The molecule has 0 fully saturated rings. The molecule has 10 nitrogen and oxygen atoms in total. The number of alkyl halides is 3. The Morgan fingerprint density at radius 2 is 1.88 bits per heavy atom. The van der Waals surface area contributed by atoms with Gasteiger partial charge in [-0.15, -0.1) is 5.10 Å². The van der Waals surface area contributed by atoms with E-state index in [1.165, 1.54) is 18.2 Å². The average molecular weight is 609 g/mol. The lowest BCUT2D eigenvalue weighted by Gasteiger charge is -2.34. The zero-order valence-electron chi connectivity index (χ0n) is 23.3. The summed E-state index contributed by atoms with van der Waals surface area (Å²) >= 11 is 0. The van der Waals surface area contributed by atoms with Gasteiger partial charge in [0.2, 0.25) is 5.60 Å². The third-order valence-corrected chi connectivity index (χ3v) is 8.89. The summed E-state index contributed by atoms with van der Waals surface area (Å²) in [7, 11) is -4.28. The number of rotatable bonds is 7. The number of carbonyl (C=O) groups is 1. The van der Waals surface area contributed by atoms with Crippen LogP contribution >= 0.6 is 0 Å². The molecule has 0 unspecified atom stereocenters. The monoisotopic (exact) mass is 608 g/mol. The van der Waals surface area contributed by atoms with Crippen molar-refractivity contribution in [3.05, 3.63) is 59.8 Å². The van der Waals surface area contributed by atoms with Crippen LogP contribution in [0.15, 0.2) is 53.4 Å². The predicted molar refractivity (Wildman–Crippen MR) is 147 cm³/mol. The van der Waals surface area contributed by atoms with Crippen LogP contribution in [-0.2, 0) is 34.3 Å². The van der Waals surface area contributed by atoms with E-state index in [0.29, 0.717) is 18.7 Å². The summed E-state index contributed by atoms with van der Waals surface area (Å²) in [6.07, 6.45) is -4.54. The average Bonchev–Trinajstić information content (AvgIpc) is 3.30. The third kappa shape index (κ3) is 5.85. The SMILES string of the molecule is C[C@H]1CN(S(=O)(=O)c2c(OCc3ccccc3)nn3c2CCCC3)c2cc(NC(=O)OC(C)(C)C(F)(F)F)ccc2O1. The summed E-state index contributed by atoms with van der Waals surface area (Å²) in [5.74, 6) is 0.211. The van der Waals surface area contributed by atoms with E-state index in [1.54, 1.807) is 11.6 Å². The highest BCUT2D eigenvalue weighted by molar-refractivity contribution is 7.93. The number of ether oxygens (including phenoxy) is 3. The van der Waals surface area contributed by atoms with Crippen LogP contribution < -0.4 is 19.1 Å². The van der Waals surface area contributed by atoms with Crippen molar-refractivity contribution in [2.75, 3.05) is 16.2 Å². The number of halogens is 3. The standard InChI is InChI=1S/C28H31F3N4O6S/c1-18-16-35(22-15-20(12-13-23(22)40-18)32-26(36)41-27(2,3)28(29,30)31)42(37,38)24-21-11-7-8-14-34(21)33-25(24)39-17-19-9-5-4-6-10-19/h4-6,9-10,12-13,15,18H,7-8,11,14,16-17H2,1-3H3,(H,32,36)/t18-/m0/s1. The van der Waals surface area contributed by atoms with Crippen LogP contribution in [0.25, 0.3) is 0 Å². The second kappa shape index (κ2) is 11.0. The van der Waals surface area contributed by atoms with Crippen LogP contribution in [0, 0.1) is 0 Å². The van der Waals surface area contributed by atoms with E-state index in [4.69, 9.17) is 9.47 Å². The summed E-state index contributed by atoms with van der Waals surface area (Å²) in [4.78, 5) is 12.3. The number of benzene rings is 2. The van der Waals surface area contributed by atoms with Crippen molar-refractivity contribution in [2.45, 2.75) is 76.0 Å². The van der Waals surface area contributed by atoms with Gasteiger partial charge in [0.05, 0.1) is 17.9 Å². The smallest absolute Gasteiger partial charge is 0.427 e. The van der Waals surface area contributed by atoms with E-state index in [1.807, 2.05) is 30.3 Å². The van der Waals surface area contributed by atoms with Crippen molar-refractivity contribution in [2.24, 2.45) is 0 Å². The van der Waals surface area contributed by atoms with E-state index in [2.05, 4.69) is 15.2 Å². The molecule has 226 valence electrons. The summed E-state index contributed by atoms with van der Waals surface area (Å²) in [5.41, 5.74) is -1.24. The molecule has 0 spiro atoms. The van der Waals surface area contributed by atoms with Crippen LogP contribution in [0.1, 0.15) is 44.9 Å². The van der Waals surface area contributed by atoms with E-state index in [0.717, 1.165) is 36.6 Å². The number of nitrogens with zero attached hydrogens (tertiary/aromatic N) is 3. The van der Waals surface area contributed by atoms with Crippen molar-refractivity contribution in [3.63, 3.8) is 0 Å². The van der Waals surface area contributed by atoms with Gasteiger partial charge in [0.1, 0.15) is 18.5 Å². The number of sulfonamides is 1. The number of anilines is 2. The lowest BCUT2D eigenvalue weighted by molar-refractivity contribution is -0.242. The summed E-state index contributed by atoms with van der Waals surface area (Å²) in [5, 5.41) is 6.76. The molecular formula is C28H31F3N4O6S.